The van der Waals surface area contributed by atoms with Crippen LogP contribution < -0.4 is 5.56 Å². The molecule has 4 nitrogen and oxygen atoms in total. The minimum Gasteiger partial charge on any atom is -0.306 e. The van der Waals surface area contributed by atoms with Gasteiger partial charge in [-0.05, 0) is 55.7 Å². The summed E-state index contributed by atoms with van der Waals surface area (Å²) in [5, 5.41) is 0. The fraction of sp³-hybridized carbons (Fsp3) is 0.545. The molecule has 2 aliphatic rings. The van der Waals surface area contributed by atoms with Crippen LogP contribution in [-0.4, -0.2) is 28.0 Å². The van der Waals surface area contributed by atoms with E-state index in [0.717, 1.165) is 68.0 Å². The number of aromatic amines is 1. The molecule has 0 atom stereocenters. The molecule has 1 saturated heterocycles. The van der Waals surface area contributed by atoms with Crippen molar-refractivity contribution in [2.75, 3.05) is 13.1 Å². The second-order valence-electron chi connectivity index (χ2n) is 8.73. The first-order valence-electron chi connectivity index (χ1n) is 9.94. The van der Waals surface area contributed by atoms with Crippen LogP contribution in [0.15, 0.2) is 29.1 Å². The monoisotopic (exact) mass is 351 g/mol. The lowest BCUT2D eigenvalue weighted by Gasteiger charge is -2.20. The molecule has 0 bridgehead atoms. The third-order valence-electron chi connectivity index (χ3n) is 5.80. The average Bonchev–Trinajstić information content (AvgIpc) is 2.81. The summed E-state index contributed by atoms with van der Waals surface area (Å²) in [6.07, 6.45) is 6.46. The summed E-state index contributed by atoms with van der Waals surface area (Å²) in [5.41, 5.74) is 4.69. The van der Waals surface area contributed by atoms with Gasteiger partial charge in [0.05, 0.1) is 5.69 Å². The van der Waals surface area contributed by atoms with E-state index in [1.807, 2.05) is 0 Å². The molecular weight excluding hydrogens is 322 g/mol. The van der Waals surface area contributed by atoms with Gasteiger partial charge in [-0.1, -0.05) is 38.5 Å². The van der Waals surface area contributed by atoms with Gasteiger partial charge < -0.3 is 4.98 Å². The van der Waals surface area contributed by atoms with E-state index < -0.39 is 0 Å². The number of likely N-dealkylation sites (tertiary alicyclic amines) is 1. The Balaban J connectivity index is 1.60. The van der Waals surface area contributed by atoms with Crippen molar-refractivity contribution >= 4 is 0 Å². The smallest absolute Gasteiger partial charge is 0.254 e. The molecular formula is C22H29N3O. The Morgan fingerprint density at radius 1 is 1.19 bits per heavy atom. The molecule has 1 aromatic carbocycles. The maximum absolute atomic E-state index is 12.5. The Morgan fingerprint density at radius 2 is 2.04 bits per heavy atom. The molecule has 0 unspecified atom stereocenters. The Bertz CT molecular complexity index is 853. The van der Waals surface area contributed by atoms with Crippen molar-refractivity contribution in [1.29, 1.82) is 0 Å². The Labute approximate surface area is 155 Å². The summed E-state index contributed by atoms with van der Waals surface area (Å²) in [7, 11) is 0. The number of aryl methyl sites for hydroxylation is 1. The van der Waals surface area contributed by atoms with Crippen LogP contribution in [0.4, 0.5) is 0 Å². The first-order chi connectivity index (χ1) is 12.5. The lowest BCUT2D eigenvalue weighted by atomic mass is 9.93. The standard InChI is InChI=1S/C22H29N3O/c1-22(2)11-12-25(15-22)14-16-7-6-8-17(13-16)20-23-19-10-5-3-4-9-18(19)21(26)24-20/h6-8,13H,3-5,9-12,14-15H2,1-2H3,(H,23,24,26). The van der Waals surface area contributed by atoms with Gasteiger partial charge in [-0.15, -0.1) is 0 Å². The second-order valence-corrected chi connectivity index (χ2v) is 8.73. The molecule has 1 fully saturated rings. The number of benzene rings is 1. The lowest BCUT2D eigenvalue weighted by Crippen LogP contribution is -2.22. The van der Waals surface area contributed by atoms with E-state index in [-0.39, 0.29) is 5.56 Å². The quantitative estimate of drug-likeness (QED) is 0.852. The highest BCUT2D eigenvalue weighted by Crippen LogP contribution is 2.30. The number of H-pyrrole nitrogens is 1. The highest BCUT2D eigenvalue weighted by atomic mass is 16.1. The molecule has 1 aliphatic carbocycles. The van der Waals surface area contributed by atoms with Crippen LogP contribution in [-0.2, 0) is 19.4 Å². The Hall–Kier alpha value is -1.94. The average molecular weight is 351 g/mol. The van der Waals surface area contributed by atoms with E-state index in [9.17, 15) is 4.79 Å². The number of nitrogens with zero attached hydrogens (tertiary/aromatic N) is 2. The van der Waals surface area contributed by atoms with Gasteiger partial charge in [0.15, 0.2) is 0 Å². The molecule has 4 heteroatoms. The van der Waals surface area contributed by atoms with Gasteiger partial charge in [0.2, 0.25) is 0 Å². The summed E-state index contributed by atoms with van der Waals surface area (Å²) < 4.78 is 0. The van der Waals surface area contributed by atoms with E-state index in [1.54, 1.807) is 0 Å². The van der Waals surface area contributed by atoms with Gasteiger partial charge >= 0.3 is 0 Å². The van der Waals surface area contributed by atoms with Crippen molar-refractivity contribution in [3.8, 4) is 11.4 Å². The highest BCUT2D eigenvalue weighted by molar-refractivity contribution is 5.56. The number of aromatic nitrogens is 2. The number of hydrogen-bond acceptors (Lipinski definition) is 3. The van der Waals surface area contributed by atoms with Crippen LogP contribution in [0.1, 0.15) is 56.4 Å². The van der Waals surface area contributed by atoms with Crippen molar-refractivity contribution in [2.45, 2.75) is 58.9 Å². The molecule has 1 aliphatic heterocycles. The number of hydrogen-bond donors (Lipinski definition) is 1. The number of fused-ring (bicyclic) bond motifs is 1. The molecule has 1 aromatic heterocycles. The van der Waals surface area contributed by atoms with Crippen LogP contribution in [0.25, 0.3) is 11.4 Å². The maximum Gasteiger partial charge on any atom is 0.254 e. The van der Waals surface area contributed by atoms with Crippen LogP contribution in [0, 0.1) is 5.41 Å². The zero-order chi connectivity index (χ0) is 18.1. The van der Waals surface area contributed by atoms with Gasteiger partial charge in [-0.25, -0.2) is 4.98 Å². The van der Waals surface area contributed by atoms with Crippen molar-refractivity contribution in [3.63, 3.8) is 0 Å². The number of nitrogens with one attached hydrogen (secondary N) is 1. The molecule has 2 heterocycles. The van der Waals surface area contributed by atoms with E-state index in [1.165, 1.54) is 18.4 Å². The fourth-order valence-corrected chi connectivity index (χ4v) is 4.35. The first kappa shape index (κ1) is 17.5. The predicted octanol–water partition coefficient (Wildman–Crippen LogP) is 3.94. The highest BCUT2D eigenvalue weighted by Gasteiger charge is 2.28. The van der Waals surface area contributed by atoms with E-state index in [2.05, 4.69) is 48.0 Å². The zero-order valence-electron chi connectivity index (χ0n) is 16.0. The topological polar surface area (TPSA) is 49.0 Å². The second kappa shape index (κ2) is 6.99. The normalized spacial score (nSPS) is 19.9. The Morgan fingerprint density at radius 3 is 2.85 bits per heavy atom. The molecule has 26 heavy (non-hydrogen) atoms. The predicted molar refractivity (Wildman–Crippen MR) is 105 cm³/mol. The third-order valence-corrected chi connectivity index (χ3v) is 5.80. The molecule has 2 aromatic rings. The van der Waals surface area contributed by atoms with Gasteiger partial charge in [0, 0.05) is 24.2 Å². The summed E-state index contributed by atoms with van der Waals surface area (Å²) in [5.74, 6) is 0.722. The summed E-state index contributed by atoms with van der Waals surface area (Å²) >= 11 is 0. The lowest BCUT2D eigenvalue weighted by molar-refractivity contribution is 0.284. The van der Waals surface area contributed by atoms with Crippen molar-refractivity contribution in [2.24, 2.45) is 5.41 Å². The summed E-state index contributed by atoms with van der Waals surface area (Å²) in [6.45, 7) is 7.95. The molecule has 4 rings (SSSR count). The molecule has 0 spiro atoms. The summed E-state index contributed by atoms with van der Waals surface area (Å²) in [4.78, 5) is 22.9. The first-order valence-corrected chi connectivity index (χ1v) is 9.94. The maximum atomic E-state index is 12.5. The van der Waals surface area contributed by atoms with Crippen molar-refractivity contribution < 1.29 is 0 Å². The molecule has 1 N–H and O–H groups in total. The largest absolute Gasteiger partial charge is 0.306 e. The molecule has 0 amide bonds. The van der Waals surface area contributed by atoms with Crippen molar-refractivity contribution in [1.82, 2.24) is 14.9 Å². The third kappa shape index (κ3) is 3.75. The van der Waals surface area contributed by atoms with Crippen LogP contribution >= 0.6 is 0 Å². The minimum absolute atomic E-state index is 0.0543. The number of rotatable bonds is 3. The van der Waals surface area contributed by atoms with Crippen LogP contribution in [0.3, 0.4) is 0 Å². The molecule has 0 radical (unpaired) electrons. The van der Waals surface area contributed by atoms with E-state index in [0.29, 0.717) is 5.41 Å². The van der Waals surface area contributed by atoms with E-state index in [4.69, 9.17) is 4.98 Å². The summed E-state index contributed by atoms with van der Waals surface area (Å²) in [6, 6.07) is 8.50. The van der Waals surface area contributed by atoms with Gasteiger partial charge in [0.25, 0.3) is 5.56 Å². The SMILES string of the molecule is CC1(C)CCN(Cc2cccc(-c3nc4c(c(=O)[nH]3)CCCCC4)c2)C1. The fourth-order valence-electron chi connectivity index (χ4n) is 4.35. The zero-order valence-corrected chi connectivity index (χ0v) is 16.0. The van der Waals surface area contributed by atoms with Crippen LogP contribution in [0.5, 0.6) is 0 Å². The van der Waals surface area contributed by atoms with Crippen LogP contribution in [0.2, 0.25) is 0 Å². The minimum atomic E-state index is 0.0543. The van der Waals surface area contributed by atoms with Crippen molar-refractivity contribution in [3.05, 3.63) is 51.4 Å². The van der Waals surface area contributed by atoms with Gasteiger partial charge in [-0.3, -0.25) is 9.69 Å². The molecule has 138 valence electrons. The molecule has 0 saturated carbocycles. The Kier molecular flexibility index (Phi) is 4.70. The van der Waals surface area contributed by atoms with Gasteiger partial charge in [-0.2, -0.15) is 0 Å². The van der Waals surface area contributed by atoms with E-state index >= 15 is 0 Å². The van der Waals surface area contributed by atoms with Gasteiger partial charge in [0.1, 0.15) is 5.82 Å².